The Morgan fingerprint density at radius 1 is 1.56 bits per heavy atom. The quantitative estimate of drug-likeness (QED) is 0.822. The molecule has 0 saturated carbocycles. The molecule has 88 valence electrons. The Labute approximate surface area is 112 Å². The van der Waals surface area contributed by atoms with Gasteiger partial charge in [-0.25, -0.2) is 8.42 Å². The van der Waals surface area contributed by atoms with Crippen LogP contribution in [-0.4, -0.2) is 19.2 Å². The molecule has 1 rings (SSSR count). The molecule has 0 unspecified atom stereocenters. The molecule has 0 aliphatic rings. The van der Waals surface area contributed by atoms with Crippen LogP contribution in [0.2, 0.25) is 5.02 Å². The lowest BCUT2D eigenvalue weighted by molar-refractivity contribution is 0.605. The number of hydrogen-bond acceptors (Lipinski definition) is 3. The zero-order chi connectivity index (χ0) is 12.3. The first-order valence-corrected chi connectivity index (χ1v) is 7.28. The van der Waals surface area contributed by atoms with Crippen LogP contribution in [0.4, 0.5) is 5.69 Å². The summed E-state index contributed by atoms with van der Waals surface area (Å²) in [5.74, 6) is -0.402. The summed E-state index contributed by atoms with van der Waals surface area (Å²) in [5, 5.41) is 0.413. The van der Waals surface area contributed by atoms with Crippen molar-refractivity contribution in [1.82, 2.24) is 0 Å². The number of nitrogens with two attached hydrogens (primary N) is 1. The Bertz CT molecular complexity index is 519. The third-order valence-corrected chi connectivity index (χ3v) is 4.50. The number of hydrogen-bond donors (Lipinski definition) is 2. The van der Waals surface area contributed by atoms with E-state index in [1.165, 1.54) is 0 Å². The van der Waals surface area contributed by atoms with E-state index in [2.05, 4.69) is 32.9 Å². The van der Waals surface area contributed by atoms with Crippen LogP contribution in [0, 0.1) is 0 Å². The van der Waals surface area contributed by atoms with E-state index in [0.717, 1.165) is 0 Å². The van der Waals surface area contributed by atoms with Gasteiger partial charge in [0.05, 0.1) is 20.2 Å². The summed E-state index contributed by atoms with van der Waals surface area (Å²) < 4.78 is 25.9. The van der Waals surface area contributed by atoms with Gasteiger partial charge in [0.1, 0.15) is 5.75 Å². The van der Waals surface area contributed by atoms with Crippen molar-refractivity contribution < 1.29 is 8.42 Å². The van der Waals surface area contributed by atoms with E-state index >= 15 is 0 Å². The number of benzene rings is 1. The predicted octanol–water partition coefficient (Wildman–Crippen LogP) is 2.13. The van der Waals surface area contributed by atoms with Crippen LogP contribution in [0.1, 0.15) is 0 Å². The molecule has 0 amide bonds. The van der Waals surface area contributed by atoms with Crippen LogP contribution in [0.15, 0.2) is 22.7 Å². The van der Waals surface area contributed by atoms with E-state index in [0.29, 0.717) is 15.2 Å². The summed E-state index contributed by atoms with van der Waals surface area (Å²) >= 11 is 13.5. The molecule has 0 heterocycles. The molecule has 0 aromatic heterocycles. The molecule has 0 aliphatic heterocycles. The molecule has 4 nitrogen and oxygen atoms in total. The van der Waals surface area contributed by atoms with Crippen molar-refractivity contribution in [3.8, 4) is 0 Å². The first-order valence-electron chi connectivity index (χ1n) is 4.04. The molecule has 0 saturated heterocycles. The predicted molar refractivity (Wildman–Crippen MR) is 73.3 cm³/mol. The van der Waals surface area contributed by atoms with Gasteiger partial charge in [-0.1, -0.05) is 29.9 Å². The maximum atomic E-state index is 11.5. The Hall–Kier alpha value is -0.370. The number of anilines is 1. The molecule has 0 aliphatic carbocycles. The fourth-order valence-corrected chi connectivity index (χ4v) is 3.06. The van der Waals surface area contributed by atoms with Gasteiger partial charge in [0, 0.05) is 0 Å². The molecule has 16 heavy (non-hydrogen) atoms. The van der Waals surface area contributed by atoms with Crippen LogP contribution < -0.4 is 10.5 Å². The smallest absolute Gasteiger partial charge is 0.239 e. The Kier molecular flexibility index (Phi) is 4.54. The van der Waals surface area contributed by atoms with Gasteiger partial charge in [-0.05, 0) is 28.1 Å². The SMILES string of the molecule is NC(=S)CS(=O)(=O)Nc1cccc(Cl)c1Br. The number of sulfonamides is 1. The normalized spacial score (nSPS) is 11.1. The fraction of sp³-hybridized carbons (Fsp3) is 0.125. The summed E-state index contributed by atoms with van der Waals surface area (Å²) in [6.07, 6.45) is 0. The molecular weight excluding hydrogens is 336 g/mol. The molecule has 8 heteroatoms. The molecule has 0 bridgehead atoms. The Balaban J connectivity index is 2.97. The van der Waals surface area contributed by atoms with Gasteiger partial charge in [0.2, 0.25) is 10.0 Å². The molecule has 0 atom stereocenters. The van der Waals surface area contributed by atoms with E-state index in [1.807, 2.05) is 0 Å². The molecule has 1 aromatic carbocycles. The third-order valence-electron chi connectivity index (χ3n) is 1.55. The van der Waals surface area contributed by atoms with Crippen LogP contribution in [0.5, 0.6) is 0 Å². The van der Waals surface area contributed by atoms with E-state index in [4.69, 9.17) is 17.3 Å². The van der Waals surface area contributed by atoms with Crippen molar-refractivity contribution in [2.75, 3.05) is 10.5 Å². The molecule has 0 spiro atoms. The van der Waals surface area contributed by atoms with Gasteiger partial charge in [-0.2, -0.15) is 0 Å². The number of halogens is 2. The van der Waals surface area contributed by atoms with Crippen molar-refractivity contribution in [2.24, 2.45) is 5.73 Å². The van der Waals surface area contributed by atoms with Crippen LogP contribution in [0.3, 0.4) is 0 Å². The highest BCUT2D eigenvalue weighted by molar-refractivity contribution is 9.10. The highest BCUT2D eigenvalue weighted by Gasteiger charge is 2.14. The minimum absolute atomic E-state index is 0.0920. The topological polar surface area (TPSA) is 72.2 Å². The highest BCUT2D eigenvalue weighted by atomic mass is 79.9. The molecule has 1 aromatic rings. The maximum Gasteiger partial charge on any atom is 0.239 e. The summed E-state index contributed by atoms with van der Waals surface area (Å²) in [6, 6.07) is 4.84. The van der Waals surface area contributed by atoms with Crippen molar-refractivity contribution in [3.63, 3.8) is 0 Å². The van der Waals surface area contributed by atoms with Crippen molar-refractivity contribution in [1.29, 1.82) is 0 Å². The van der Waals surface area contributed by atoms with Crippen LogP contribution >= 0.6 is 39.7 Å². The first kappa shape index (κ1) is 13.7. The third kappa shape index (κ3) is 3.89. The van der Waals surface area contributed by atoms with Gasteiger partial charge < -0.3 is 5.73 Å². The van der Waals surface area contributed by atoms with Gasteiger partial charge in [-0.15, -0.1) is 0 Å². The van der Waals surface area contributed by atoms with Gasteiger partial charge >= 0.3 is 0 Å². The van der Waals surface area contributed by atoms with Crippen LogP contribution in [-0.2, 0) is 10.0 Å². The average Bonchev–Trinajstić information content (AvgIpc) is 2.10. The van der Waals surface area contributed by atoms with E-state index < -0.39 is 15.8 Å². The monoisotopic (exact) mass is 342 g/mol. The number of thiocarbonyl (C=S) groups is 1. The molecular formula is C8H8BrClN2O2S2. The second-order valence-electron chi connectivity index (χ2n) is 2.93. The minimum Gasteiger partial charge on any atom is -0.392 e. The zero-order valence-corrected chi connectivity index (χ0v) is 11.9. The highest BCUT2D eigenvalue weighted by Crippen LogP contribution is 2.30. The summed E-state index contributed by atoms with van der Waals surface area (Å²) in [4.78, 5) is -0.0920. The van der Waals surface area contributed by atoms with Gasteiger partial charge in [0.15, 0.2) is 0 Å². The molecule has 3 N–H and O–H groups in total. The minimum atomic E-state index is -3.58. The largest absolute Gasteiger partial charge is 0.392 e. The summed E-state index contributed by atoms with van der Waals surface area (Å²) in [7, 11) is -3.58. The van der Waals surface area contributed by atoms with E-state index in [1.54, 1.807) is 18.2 Å². The van der Waals surface area contributed by atoms with Crippen LogP contribution in [0.25, 0.3) is 0 Å². The summed E-state index contributed by atoms with van der Waals surface area (Å²) in [5.41, 5.74) is 5.53. The van der Waals surface area contributed by atoms with E-state index in [9.17, 15) is 8.42 Å². The number of nitrogens with one attached hydrogen (secondary N) is 1. The lowest BCUT2D eigenvalue weighted by atomic mass is 10.3. The Morgan fingerprint density at radius 3 is 2.75 bits per heavy atom. The molecule has 0 fully saturated rings. The van der Waals surface area contributed by atoms with Gasteiger partial charge in [-0.3, -0.25) is 4.72 Å². The second-order valence-corrected chi connectivity index (χ2v) is 6.38. The zero-order valence-electron chi connectivity index (χ0n) is 7.91. The van der Waals surface area contributed by atoms with Crippen molar-refractivity contribution in [3.05, 3.63) is 27.7 Å². The fourth-order valence-electron chi connectivity index (χ4n) is 0.974. The Morgan fingerprint density at radius 2 is 2.19 bits per heavy atom. The lowest BCUT2D eigenvalue weighted by Gasteiger charge is -2.09. The standard InChI is InChI=1S/C8H8BrClN2O2S2/c9-8-5(10)2-1-3-6(8)12-16(13,14)4-7(11)15/h1-3,12H,4H2,(H2,11,15). The molecule has 0 radical (unpaired) electrons. The first-order chi connectivity index (χ1) is 7.32. The van der Waals surface area contributed by atoms with Gasteiger partial charge in [0.25, 0.3) is 0 Å². The number of rotatable bonds is 4. The summed E-state index contributed by atoms with van der Waals surface area (Å²) in [6.45, 7) is 0. The second kappa shape index (κ2) is 5.31. The lowest BCUT2D eigenvalue weighted by Crippen LogP contribution is -2.26. The average molecular weight is 344 g/mol. The van der Waals surface area contributed by atoms with Crippen molar-refractivity contribution >= 4 is 60.4 Å². The maximum absolute atomic E-state index is 11.5. The van der Waals surface area contributed by atoms with E-state index in [-0.39, 0.29) is 4.99 Å². The van der Waals surface area contributed by atoms with Crippen molar-refractivity contribution in [2.45, 2.75) is 0 Å².